The molecular weight excluding hydrogens is 144 g/mol. The highest BCUT2D eigenvalue weighted by atomic mass is 13.8. The molecule has 0 spiro atoms. The van der Waals surface area contributed by atoms with E-state index in [4.69, 9.17) is 0 Å². The molecule has 0 aromatic rings. The SMILES string of the molecule is [C]1=C\C/C=C/CC/C=C/C/C=C/1. The maximum atomic E-state index is 3.11. The third-order valence-electron chi connectivity index (χ3n) is 1.69. The van der Waals surface area contributed by atoms with E-state index in [1.807, 2.05) is 6.08 Å². The molecule has 0 heteroatoms. The van der Waals surface area contributed by atoms with E-state index < -0.39 is 0 Å². The van der Waals surface area contributed by atoms with E-state index in [9.17, 15) is 0 Å². The van der Waals surface area contributed by atoms with E-state index in [1.165, 1.54) is 0 Å². The molecule has 1 aliphatic rings. The van der Waals surface area contributed by atoms with Crippen LogP contribution in [0.1, 0.15) is 25.7 Å². The molecule has 1 radical (unpaired) electrons. The summed E-state index contributed by atoms with van der Waals surface area (Å²) < 4.78 is 0. The van der Waals surface area contributed by atoms with Crippen molar-refractivity contribution >= 4 is 0 Å². The highest BCUT2D eigenvalue weighted by Crippen LogP contribution is 1.98. The maximum absolute atomic E-state index is 3.11. The second-order valence-corrected chi connectivity index (χ2v) is 2.76. The van der Waals surface area contributed by atoms with E-state index in [0.717, 1.165) is 25.7 Å². The Labute approximate surface area is 75.0 Å². The van der Waals surface area contributed by atoms with Gasteiger partial charge in [0.15, 0.2) is 0 Å². The van der Waals surface area contributed by atoms with Gasteiger partial charge in [-0.25, -0.2) is 0 Å². The molecule has 0 nitrogen and oxygen atoms in total. The quantitative estimate of drug-likeness (QED) is 0.474. The van der Waals surface area contributed by atoms with Crippen LogP contribution in [0.2, 0.25) is 0 Å². The van der Waals surface area contributed by atoms with Crippen LogP contribution in [0.4, 0.5) is 0 Å². The zero-order chi connectivity index (χ0) is 8.49. The smallest absolute Gasteiger partial charge is 0.0160 e. The van der Waals surface area contributed by atoms with Crippen molar-refractivity contribution in [3.63, 3.8) is 0 Å². The van der Waals surface area contributed by atoms with Gasteiger partial charge in [0, 0.05) is 0 Å². The molecule has 12 heavy (non-hydrogen) atoms. The first kappa shape index (κ1) is 9.05. The minimum atomic E-state index is 1.01. The molecule has 0 atom stereocenters. The van der Waals surface area contributed by atoms with Crippen LogP contribution in [0.25, 0.3) is 0 Å². The lowest BCUT2D eigenvalue weighted by Crippen LogP contribution is -1.67. The summed E-state index contributed by atoms with van der Waals surface area (Å²) in [5.41, 5.74) is 0. The summed E-state index contributed by atoms with van der Waals surface area (Å²) in [5, 5.41) is 0. The maximum Gasteiger partial charge on any atom is -0.0160 e. The summed E-state index contributed by atoms with van der Waals surface area (Å²) in [7, 11) is 0. The third kappa shape index (κ3) is 4.73. The van der Waals surface area contributed by atoms with Gasteiger partial charge in [-0.05, 0) is 31.8 Å². The molecule has 0 N–H and O–H groups in total. The van der Waals surface area contributed by atoms with Gasteiger partial charge in [-0.3, -0.25) is 0 Å². The molecule has 0 saturated heterocycles. The van der Waals surface area contributed by atoms with Crippen molar-refractivity contribution in [2.45, 2.75) is 25.7 Å². The van der Waals surface area contributed by atoms with Crippen molar-refractivity contribution in [1.29, 1.82) is 0 Å². The van der Waals surface area contributed by atoms with Crippen LogP contribution in [0.3, 0.4) is 0 Å². The fourth-order valence-electron chi connectivity index (χ4n) is 1.04. The predicted octanol–water partition coefficient (Wildman–Crippen LogP) is 3.59. The molecule has 0 bridgehead atoms. The van der Waals surface area contributed by atoms with Gasteiger partial charge < -0.3 is 0 Å². The predicted molar refractivity (Wildman–Crippen MR) is 53.7 cm³/mol. The van der Waals surface area contributed by atoms with Crippen molar-refractivity contribution < 1.29 is 0 Å². The van der Waals surface area contributed by atoms with E-state index in [1.54, 1.807) is 0 Å². The first-order valence-corrected chi connectivity index (χ1v) is 4.53. The number of hydrogen-bond donors (Lipinski definition) is 0. The van der Waals surface area contributed by atoms with Crippen LogP contribution >= 0.6 is 0 Å². The van der Waals surface area contributed by atoms with Gasteiger partial charge >= 0.3 is 0 Å². The first-order valence-electron chi connectivity index (χ1n) is 4.53. The standard InChI is InChI=1S/C12H15/c1-2-4-6-8-10-12-11-9-7-5-3-1/h1-2,5,7-8,10-11H,3-4,6,12H2/b2-1+,7-5+,10-8+,11-9?. The Kier molecular flexibility index (Phi) is 5.02. The monoisotopic (exact) mass is 159 g/mol. The second kappa shape index (κ2) is 6.66. The van der Waals surface area contributed by atoms with Gasteiger partial charge in [-0.1, -0.05) is 42.5 Å². The zero-order valence-electron chi connectivity index (χ0n) is 7.37. The Morgan fingerprint density at radius 2 is 1.50 bits per heavy atom. The van der Waals surface area contributed by atoms with Crippen LogP contribution in [-0.4, -0.2) is 0 Å². The lowest BCUT2D eigenvalue weighted by Gasteiger charge is -1.88. The normalized spacial score (nSPS) is 29.3. The van der Waals surface area contributed by atoms with E-state index in [0.29, 0.717) is 0 Å². The molecule has 0 amide bonds. The highest BCUT2D eigenvalue weighted by Gasteiger charge is 1.78. The molecule has 1 rings (SSSR count). The van der Waals surface area contributed by atoms with Crippen LogP contribution in [-0.2, 0) is 0 Å². The van der Waals surface area contributed by atoms with Gasteiger partial charge in [-0.2, -0.15) is 0 Å². The van der Waals surface area contributed by atoms with Gasteiger partial charge in [-0.15, -0.1) is 0 Å². The Hall–Kier alpha value is -1.04. The Bertz CT molecular complexity index is 180. The topological polar surface area (TPSA) is 0 Å². The lowest BCUT2D eigenvalue weighted by molar-refractivity contribution is 1.04. The zero-order valence-corrected chi connectivity index (χ0v) is 7.37. The Morgan fingerprint density at radius 3 is 2.33 bits per heavy atom. The Morgan fingerprint density at radius 1 is 0.750 bits per heavy atom. The molecule has 1 aliphatic carbocycles. The summed E-state index contributed by atoms with van der Waals surface area (Å²) in [6, 6.07) is 0. The molecule has 63 valence electrons. The molecule has 0 unspecified atom stereocenters. The number of allylic oxidation sites excluding steroid dienone is 8. The second-order valence-electron chi connectivity index (χ2n) is 2.76. The van der Waals surface area contributed by atoms with Crippen molar-refractivity contribution in [3.05, 3.63) is 48.6 Å². The van der Waals surface area contributed by atoms with Gasteiger partial charge in [0.1, 0.15) is 0 Å². The minimum absolute atomic E-state index is 1.01. The van der Waals surface area contributed by atoms with Gasteiger partial charge in [0.25, 0.3) is 0 Å². The van der Waals surface area contributed by atoms with E-state index >= 15 is 0 Å². The van der Waals surface area contributed by atoms with Crippen molar-refractivity contribution in [2.75, 3.05) is 0 Å². The average Bonchev–Trinajstić information content (AvgIpc) is 2.05. The lowest BCUT2D eigenvalue weighted by atomic mass is 10.2. The summed E-state index contributed by atoms with van der Waals surface area (Å²) in [5.74, 6) is 0. The summed E-state index contributed by atoms with van der Waals surface area (Å²) in [6.07, 6.45) is 22.5. The summed E-state index contributed by atoms with van der Waals surface area (Å²) in [4.78, 5) is 0. The van der Waals surface area contributed by atoms with E-state index in [2.05, 4.69) is 42.5 Å². The number of rotatable bonds is 0. The highest BCUT2D eigenvalue weighted by molar-refractivity contribution is 5.02. The summed E-state index contributed by atoms with van der Waals surface area (Å²) >= 11 is 0. The van der Waals surface area contributed by atoms with Crippen LogP contribution in [0.15, 0.2) is 42.5 Å². The molecular formula is C12H15. The molecule has 0 aromatic carbocycles. The molecule has 0 aromatic heterocycles. The van der Waals surface area contributed by atoms with Gasteiger partial charge in [0.05, 0.1) is 0 Å². The van der Waals surface area contributed by atoms with Crippen LogP contribution < -0.4 is 0 Å². The number of hydrogen-bond acceptors (Lipinski definition) is 0. The fourth-order valence-corrected chi connectivity index (χ4v) is 1.04. The van der Waals surface area contributed by atoms with Gasteiger partial charge in [0.2, 0.25) is 0 Å². The first-order chi connectivity index (χ1) is 6.00. The van der Waals surface area contributed by atoms with Crippen molar-refractivity contribution in [3.8, 4) is 0 Å². The van der Waals surface area contributed by atoms with Crippen LogP contribution in [0, 0.1) is 6.08 Å². The van der Waals surface area contributed by atoms with Crippen molar-refractivity contribution in [1.82, 2.24) is 0 Å². The fraction of sp³-hybridized carbons (Fsp3) is 0.333. The van der Waals surface area contributed by atoms with Crippen LogP contribution in [0.5, 0.6) is 0 Å². The Balaban J connectivity index is 2.41. The minimum Gasteiger partial charge on any atom is -0.0879 e. The largest absolute Gasteiger partial charge is 0.0879 e. The van der Waals surface area contributed by atoms with E-state index in [-0.39, 0.29) is 0 Å². The molecule has 0 saturated carbocycles. The molecule has 0 aliphatic heterocycles. The average molecular weight is 159 g/mol. The molecule has 0 heterocycles. The third-order valence-corrected chi connectivity index (χ3v) is 1.69. The molecule has 0 fully saturated rings. The van der Waals surface area contributed by atoms with Crippen molar-refractivity contribution in [2.24, 2.45) is 0 Å². The summed E-state index contributed by atoms with van der Waals surface area (Å²) in [6.45, 7) is 0.